The third-order valence-electron chi connectivity index (χ3n) is 3.39. The van der Waals surface area contributed by atoms with Crippen molar-refractivity contribution in [2.45, 2.75) is 45.2 Å². The molecule has 0 spiro atoms. The van der Waals surface area contributed by atoms with Gasteiger partial charge in [-0.15, -0.1) is 0 Å². The molecule has 1 aliphatic rings. The number of halogens is 1. The van der Waals surface area contributed by atoms with Crippen LogP contribution in [-0.4, -0.2) is 28.0 Å². The van der Waals surface area contributed by atoms with Gasteiger partial charge in [-0.1, -0.05) is 6.42 Å². The Morgan fingerprint density at radius 2 is 2.06 bits per heavy atom. The summed E-state index contributed by atoms with van der Waals surface area (Å²) in [6, 6.07) is 2.55. The number of rotatable bonds is 2. The summed E-state index contributed by atoms with van der Waals surface area (Å²) in [6.07, 6.45) is 6.73. The summed E-state index contributed by atoms with van der Waals surface area (Å²) in [5, 5.41) is 2.06. The van der Waals surface area contributed by atoms with Crippen LogP contribution in [0.25, 0.3) is 0 Å². The first kappa shape index (κ1) is 13.5. The van der Waals surface area contributed by atoms with Crippen molar-refractivity contribution in [2.75, 3.05) is 0 Å². The molecule has 5 heteroatoms. The molecule has 1 fully saturated rings. The van der Waals surface area contributed by atoms with E-state index in [2.05, 4.69) is 45.2 Å². The van der Waals surface area contributed by atoms with Crippen molar-refractivity contribution < 1.29 is 4.79 Å². The van der Waals surface area contributed by atoms with Crippen molar-refractivity contribution in [3.05, 3.63) is 28.5 Å². The van der Waals surface area contributed by atoms with Gasteiger partial charge in [0.05, 0.1) is 5.56 Å². The Hall–Kier alpha value is -0.940. The Labute approximate surface area is 116 Å². The molecule has 4 nitrogen and oxygen atoms in total. The number of hydrazine groups is 1. The van der Waals surface area contributed by atoms with E-state index in [0.717, 1.165) is 17.3 Å². The molecule has 0 aromatic carbocycles. The van der Waals surface area contributed by atoms with Crippen LogP contribution >= 0.6 is 15.9 Å². The lowest BCUT2D eigenvalue weighted by atomic mass is 10.00. The minimum Gasteiger partial charge on any atom is -0.284 e. The number of pyridine rings is 1. The van der Waals surface area contributed by atoms with E-state index in [-0.39, 0.29) is 5.91 Å². The second kappa shape index (κ2) is 5.80. The normalized spacial score (nSPS) is 24.8. The Morgan fingerprint density at radius 3 is 2.67 bits per heavy atom. The average Bonchev–Trinajstić information content (AvgIpc) is 2.34. The highest BCUT2D eigenvalue weighted by molar-refractivity contribution is 9.10. The Kier molecular flexibility index (Phi) is 4.35. The van der Waals surface area contributed by atoms with Crippen molar-refractivity contribution in [3.8, 4) is 0 Å². The quantitative estimate of drug-likeness (QED) is 0.913. The molecule has 0 bridgehead atoms. The van der Waals surface area contributed by atoms with E-state index in [9.17, 15) is 4.79 Å². The molecule has 2 atom stereocenters. The van der Waals surface area contributed by atoms with E-state index >= 15 is 0 Å². The molecule has 1 N–H and O–H groups in total. The van der Waals surface area contributed by atoms with Gasteiger partial charge in [-0.25, -0.2) is 5.01 Å². The molecular formula is C13H18BrN3O. The lowest BCUT2D eigenvalue weighted by molar-refractivity contribution is 0.0369. The predicted molar refractivity (Wildman–Crippen MR) is 74.0 cm³/mol. The zero-order valence-electron chi connectivity index (χ0n) is 10.7. The fourth-order valence-electron chi connectivity index (χ4n) is 2.36. The van der Waals surface area contributed by atoms with Gasteiger partial charge in [0.1, 0.15) is 0 Å². The fourth-order valence-corrected chi connectivity index (χ4v) is 2.72. The molecule has 1 aromatic rings. The number of hydrogen-bond donors (Lipinski definition) is 1. The van der Waals surface area contributed by atoms with Crippen LogP contribution in [0.1, 0.15) is 43.5 Å². The van der Waals surface area contributed by atoms with Gasteiger partial charge in [0.15, 0.2) is 0 Å². The van der Waals surface area contributed by atoms with Gasteiger partial charge in [0.2, 0.25) is 0 Å². The van der Waals surface area contributed by atoms with Crippen LogP contribution in [-0.2, 0) is 0 Å². The average molecular weight is 312 g/mol. The van der Waals surface area contributed by atoms with E-state index < -0.39 is 0 Å². The number of hydrogen-bond acceptors (Lipinski definition) is 3. The molecule has 1 aromatic heterocycles. The van der Waals surface area contributed by atoms with E-state index in [0.29, 0.717) is 17.6 Å². The van der Waals surface area contributed by atoms with Crippen molar-refractivity contribution >= 4 is 21.8 Å². The zero-order chi connectivity index (χ0) is 13.1. The van der Waals surface area contributed by atoms with Gasteiger partial charge in [-0.3, -0.25) is 15.2 Å². The first-order valence-electron chi connectivity index (χ1n) is 6.28. The molecule has 0 saturated carbocycles. The van der Waals surface area contributed by atoms with Gasteiger partial charge >= 0.3 is 0 Å². The molecule has 2 heterocycles. The summed E-state index contributed by atoms with van der Waals surface area (Å²) in [4.78, 5) is 16.2. The van der Waals surface area contributed by atoms with Crippen LogP contribution in [0.15, 0.2) is 22.9 Å². The Balaban J connectivity index is 2.06. The molecular weight excluding hydrogens is 294 g/mol. The summed E-state index contributed by atoms with van der Waals surface area (Å²) in [7, 11) is 0. The maximum atomic E-state index is 12.1. The van der Waals surface area contributed by atoms with Crippen molar-refractivity contribution in [2.24, 2.45) is 0 Å². The van der Waals surface area contributed by atoms with Crippen LogP contribution in [0.5, 0.6) is 0 Å². The summed E-state index contributed by atoms with van der Waals surface area (Å²) in [5.41, 5.74) is 3.57. The van der Waals surface area contributed by atoms with Crippen LogP contribution < -0.4 is 5.43 Å². The number of amides is 1. The van der Waals surface area contributed by atoms with Gasteiger partial charge in [-0.2, -0.15) is 0 Å². The molecule has 18 heavy (non-hydrogen) atoms. The number of nitrogens with one attached hydrogen (secondary N) is 1. The Bertz CT molecular complexity index is 428. The molecule has 0 aliphatic carbocycles. The monoisotopic (exact) mass is 311 g/mol. The second-order valence-electron chi connectivity index (χ2n) is 4.87. The number of piperidine rings is 1. The molecule has 0 radical (unpaired) electrons. The first-order valence-corrected chi connectivity index (χ1v) is 7.07. The van der Waals surface area contributed by atoms with Crippen molar-refractivity contribution in [1.29, 1.82) is 0 Å². The fraction of sp³-hybridized carbons (Fsp3) is 0.538. The lowest BCUT2D eigenvalue weighted by Gasteiger charge is -2.38. The van der Waals surface area contributed by atoms with Crippen LogP contribution in [0.3, 0.4) is 0 Å². The van der Waals surface area contributed by atoms with Gasteiger partial charge in [0.25, 0.3) is 5.91 Å². The standard InChI is InChI=1S/C13H18BrN3O/c1-9-4-3-5-10(2)17(9)16-13(18)11-6-12(14)8-15-7-11/h6-10H,3-5H2,1-2H3,(H,16,18). The second-order valence-corrected chi connectivity index (χ2v) is 5.78. The SMILES string of the molecule is CC1CCCC(C)N1NC(=O)c1cncc(Br)c1. The largest absolute Gasteiger partial charge is 0.284 e. The summed E-state index contributed by atoms with van der Waals surface area (Å²) >= 11 is 3.32. The van der Waals surface area contributed by atoms with Crippen molar-refractivity contribution in [1.82, 2.24) is 15.4 Å². The topological polar surface area (TPSA) is 45.2 Å². The number of carbonyl (C=O) groups excluding carboxylic acids is 1. The highest BCUT2D eigenvalue weighted by Crippen LogP contribution is 2.20. The minimum atomic E-state index is -0.0931. The number of aromatic nitrogens is 1. The molecule has 1 amide bonds. The van der Waals surface area contributed by atoms with Gasteiger partial charge in [0, 0.05) is 29.0 Å². The third-order valence-corrected chi connectivity index (χ3v) is 3.82. The maximum Gasteiger partial charge on any atom is 0.267 e. The number of carbonyl (C=O) groups is 1. The molecule has 98 valence electrons. The molecule has 2 rings (SSSR count). The third kappa shape index (κ3) is 3.09. The number of nitrogens with zero attached hydrogens (tertiary/aromatic N) is 2. The lowest BCUT2D eigenvalue weighted by Crippen LogP contribution is -2.54. The molecule has 1 saturated heterocycles. The van der Waals surface area contributed by atoms with E-state index in [1.807, 2.05) is 0 Å². The minimum absolute atomic E-state index is 0.0931. The van der Waals surface area contributed by atoms with Crippen LogP contribution in [0.2, 0.25) is 0 Å². The van der Waals surface area contributed by atoms with Crippen LogP contribution in [0.4, 0.5) is 0 Å². The van der Waals surface area contributed by atoms with Crippen LogP contribution in [0, 0.1) is 0 Å². The summed E-state index contributed by atoms with van der Waals surface area (Å²) in [6.45, 7) is 4.30. The highest BCUT2D eigenvalue weighted by atomic mass is 79.9. The summed E-state index contributed by atoms with van der Waals surface area (Å²) in [5.74, 6) is -0.0931. The first-order chi connectivity index (χ1) is 8.58. The predicted octanol–water partition coefficient (Wildman–Crippen LogP) is 2.75. The highest BCUT2D eigenvalue weighted by Gasteiger charge is 2.26. The molecule has 1 aliphatic heterocycles. The molecule has 2 unspecified atom stereocenters. The Morgan fingerprint density at radius 1 is 1.39 bits per heavy atom. The van der Waals surface area contributed by atoms with E-state index in [1.165, 1.54) is 6.42 Å². The summed E-state index contributed by atoms with van der Waals surface area (Å²) < 4.78 is 0.815. The van der Waals surface area contributed by atoms with E-state index in [1.54, 1.807) is 18.5 Å². The van der Waals surface area contributed by atoms with Gasteiger partial charge < -0.3 is 0 Å². The van der Waals surface area contributed by atoms with Crippen molar-refractivity contribution in [3.63, 3.8) is 0 Å². The van der Waals surface area contributed by atoms with Gasteiger partial charge in [-0.05, 0) is 48.7 Å². The maximum absolute atomic E-state index is 12.1. The zero-order valence-corrected chi connectivity index (χ0v) is 12.3. The smallest absolute Gasteiger partial charge is 0.267 e. The van der Waals surface area contributed by atoms with E-state index in [4.69, 9.17) is 0 Å².